The van der Waals surface area contributed by atoms with Crippen LogP contribution in [0.5, 0.6) is 0 Å². The fraction of sp³-hybridized carbons (Fsp3) is 0.636. The van der Waals surface area contributed by atoms with Crippen LogP contribution in [0.2, 0.25) is 0 Å². The molecule has 3 amide bonds. The molecular weight excluding hydrogens is 208 g/mol. The second-order valence-electron chi connectivity index (χ2n) is 4.00. The Bertz CT molecular complexity index is 314. The molecule has 0 aromatic rings. The molecule has 1 fully saturated rings. The van der Waals surface area contributed by atoms with Gasteiger partial charge in [-0.05, 0) is 25.7 Å². The highest BCUT2D eigenvalue weighted by Crippen LogP contribution is 2.34. The Labute approximate surface area is 94.7 Å². The third-order valence-electron chi connectivity index (χ3n) is 2.72. The van der Waals surface area contributed by atoms with Gasteiger partial charge in [0.2, 0.25) is 0 Å². The number of hydrogen-bond acceptors (Lipinski definition) is 3. The molecule has 0 radical (unpaired) electrons. The van der Waals surface area contributed by atoms with Crippen molar-refractivity contribution in [3.8, 4) is 12.3 Å². The van der Waals surface area contributed by atoms with E-state index in [0.717, 1.165) is 32.1 Å². The van der Waals surface area contributed by atoms with E-state index < -0.39 is 17.7 Å². The second kappa shape index (κ2) is 5.40. The molecule has 0 spiro atoms. The maximum Gasteiger partial charge on any atom is 0.415 e. The van der Waals surface area contributed by atoms with Crippen LogP contribution in [-0.4, -0.2) is 17.7 Å². The smallest absolute Gasteiger partial charge is 0.415 e. The van der Waals surface area contributed by atoms with Crippen molar-refractivity contribution in [2.75, 3.05) is 0 Å². The number of amides is 3. The molecule has 0 aromatic heterocycles. The molecule has 0 aliphatic heterocycles. The predicted octanol–water partition coefficient (Wildman–Crippen LogP) is 1.52. The average Bonchev–Trinajstić information content (AvgIpc) is 2.17. The number of carbonyl (C=O) groups is 2. The van der Waals surface area contributed by atoms with Gasteiger partial charge in [0.05, 0.1) is 0 Å². The molecule has 1 aliphatic rings. The van der Waals surface area contributed by atoms with Crippen LogP contribution >= 0.6 is 0 Å². The molecule has 5 heteroatoms. The van der Waals surface area contributed by atoms with Gasteiger partial charge in [-0.1, -0.05) is 6.42 Å². The first-order chi connectivity index (χ1) is 7.58. The van der Waals surface area contributed by atoms with Gasteiger partial charge in [-0.3, -0.25) is 0 Å². The molecule has 0 heterocycles. The van der Waals surface area contributed by atoms with E-state index in [1.807, 2.05) is 5.32 Å². The lowest BCUT2D eigenvalue weighted by molar-refractivity contribution is -0.0111. The Morgan fingerprint density at radius 2 is 2.00 bits per heavy atom. The van der Waals surface area contributed by atoms with E-state index in [9.17, 15) is 9.59 Å². The lowest BCUT2D eigenvalue weighted by Crippen LogP contribution is -2.43. The van der Waals surface area contributed by atoms with Crippen molar-refractivity contribution in [2.24, 2.45) is 5.73 Å². The summed E-state index contributed by atoms with van der Waals surface area (Å²) in [4.78, 5) is 21.8. The van der Waals surface area contributed by atoms with Crippen LogP contribution < -0.4 is 11.1 Å². The molecule has 0 aromatic carbocycles. The zero-order valence-corrected chi connectivity index (χ0v) is 9.12. The Morgan fingerprint density at radius 1 is 1.38 bits per heavy atom. The van der Waals surface area contributed by atoms with E-state index in [-0.39, 0.29) is 0 Å². The normalized spacial score (nSPS) is 18.2. The third-order valence-corrected chi connectivity index (χ3v) is 2.72. The van der Waals surface area contributed by atoms with Crippen molar-refractivity contribution in [3.63, 3.8) is 0 Å². The molecule has 1 aliphatic carbocycles. The molecular formula is C11H16N2O3. The van der Waals surface area contributed by atoms with Crippen molar-refractivity contribution >= 4 is 12.1 Å². The van der Waals surface area contributed by atoms with Gasteiger partial charge < -0.3 is 10.5 Å². The number of hydrogen-bond donors (Lipinski definition) is 2. The van der Waals surface area contributed by atoms with Gasteiger partial charge in [0.1, 0.15) is 5.60 Å². The summed E-state index contributed by atoms with van der Waals surface area (Å²) in [7, 11) is 0. The molecule has 0 saturated heterocycles. The first kappa shape index (κ1) is 12.4. The minimum absolute atomic E-state index is 0.374. The van der Waals surface area contributed by atoms with Crippen LogP contribution in [0.1, 0.15) is 38.5 Å². The maximum atomic E-state index is 11.3. The molecule has 16 heavy (non-hydrogen) atoms. The molecule has 1 rings (SSSR count). The largest absolute Gasteiger partial charge is 0.442 e. The van der Waals surface area contributed by atoms with Crippen molar-refractivity contribution in [1.82, 2.24) is 5.32 Å². The highest BCUT2D eigenvalue weighted by molar-refractivity contribution is 5.89. The summed E-state index contributed by atoms with van der Waals surface area (Å²) in [5.74, 6) is 2.52. The average molecular weight is 224 g/mol. The highest BCUT2D eigenvalue weighted by Gasteiger charge is 2.35. The molecule has 3 N–H and O–H groups in total. The van der Waals surface area contributed by atoms with Crippen LogP contribution in [0.25, 0.3) is 0 Å². The quantitative estimate of drug-likeness (QED) is 0.698. The molecule has 88 valence electrons. The van der Waals surface area contributed by atoms with Crippen molar-refractivity contribution < 1.29 is 14.3 Å². The monoisotopic (exact) mass is 224 g/mol. The first-order valence-corrected chi connectivity index (χ1v) is 5.31. The van der Waals surface area contributed by atoms with E-state index in [4.69, 9.17) is 16.9 Å². The minimum atomic E-state index is -0.920. The standard InChI is InChI=1S/C11H16N2O3/c1-2-6-11(7-4-3-5-8-11)16-10(15)13-9(12)14/h1H,3-8H2,(H3,12,13,14,15). The summed E-state index contributed by atoms with van der Waals surface area (Å²) in [6, 6.07) is -0.920. The van der Waals surface area contributed by atoms with E-state index >= 15 is 0 Å². The van der Waals surface area contributed by atoms with Crippen LogP contribution in [0.4, 0.5) is 9.59 Å². The number of primary amides is 1. The van der Waals surface area contributed by atoms with Crippen LogP contribution in [-0.2, 0) is 4.74 Å². The number of nitrogens with one attached hydrogen (secondary N) is 1. The van der Waals surface area contributed by atoms with Gasteiger partial charge in [0.15, 0.2) is 0 Å². The number of alkyl carbamates (subject to hydrolysis) is 1. The number of urea groups is 1. The lowest BCUT2D eigenvalue weighted by Gasteiger charge is -2.35. The summed E-state index contributed by atoms with van der Waals surface area (Å²) in [5.41, 5.74) is 4.21. The summed E-state index contributed by atoms with van der Waals surface area (Å²) in [6.45, 7) is 0. The van der Waals surface area contributed by atoms with Gasteiger partial charge in [-0.2, -0.15) is 0 Å². The van der Waals surface area contributed by atoms with Gasteiger partial charge >= 0.3 is 12.1 Å². The SMILES string of the molecule is C#CCC1(OC(=O)NC(N)=O)CCCCC1. The van der Waals surface area contributed by atoms with Gasteiger partial charge in [-0.15, -0.1) is 12.3 Å². The van der Waals surface area contributed by atoms with E-state index in [1.54, 1.807) is 0 Å². The van der Waals surface area contributed by atoms with Crippen molar-refractivity contribution in [2.45, 2.75) is 44.1 Å². The number of terminal acetylenes is 1. The highest BCUT2D eigenvalue weighted by atomic mass is 16.6. The third kappa shape index (κ3) is 3.46. The minimum Gasteiger partial charge on any atom is -0.442 e. The number of ether oxygens (including phenoxy) is 1. The summed E-state index contributed by atoms with van der Waals surface area (Å²) in [6.07, 6.45) is 9.38. The Hall–Kier alpha value is -1.70. The molecule has 0 unspecified atom stereocenters. The van der Waals surface area contributed by atoms with Crippen LogP contribution in [0, 0.1) is 12.3 Å². The molecule has 5 nitrogen and oxygen atoms in total. The number of nitrogens with two attached hydrogens (primary N) is 1. The Morgan fingerprint density at radius 3 is 2.50 bits per heavy atom. The van der Waals surface area contributed by atoms with Crippen molar-refractivity contribution in [1.29, 1.82) is 0 Å². The molecule has 1 saturated carbocycles. The van der Waals surface area contributed by atoms with E-state index in [2.05, 4.69) is 5.92 Å². The Kier molecular flexibility index (Phi) is 4.18. The topological polar surface area (TPSA) is 81.4 Å². The number of imide groups is 1. The second-order valence-corrected chi connectivity index (χ2v) is 4.00. The Balaban J connectivity index is 2.60. The van der Waals surface area contributed by atoms with Crippen molar-refractivity contribution in [3.05, 3.63) is 0 Å². The number of carbonyl (C=O) groups excluding carboxylic acids is 2. The number of rotatable bonds is 2. The first-order valence-electron chi connectivity index (χ1n) is 5.31. The van der Waals surface area contributed by atoms with Gasteiger partial charge in [-0.25, -0.2) is 14.9 Å². The fourth-order valence-electron chi connectivity index (χ4n) is 2.02. The lowest BCUT2D eigenvalue weighted by atomic mass is 9.82. The van der Waals surface area contributed by atoms with E-state index in [1.165, 1.54) is 0 Å². The maximum absolute atomic E-state index is 11.3. The zero-order chi connectivity index (χ0) is 12.0. The summed E-state index contributed by atoms with van der Waals surface area (Å²) < 4.78 is 5.24. The van der Waals surface area contributed by atoms with Gasteiger partial charge in [0, 0.05) is 6.42 Å². The fourth-order valence-corrected chi connectivity index (χ4v) is 2.02. The van der Waals surface area contributed by atoms with Crippen LogP contribution in [0.15, 0.2) is 0 Å². The zero-order valence-electron chi connectivity index (χ0n) is 9.12. The molecule has 0 atom stereocenters. The predicted molar refractivity (Wildman–Crippen MR) is 58.5 cm³/mol. The summed E-state index contributed by atoms with van der Waals surface area (Å²) in [5, 5.41) is 1.88. The van der Waals surface area contributed by atoms with Gasteiger partial charge in [0.25, 0.3) is 0 Å². The van der Waals surface area contributed by atoms with Crippen LogP contribution in [0.3, 0.4) is 0 Å². The summed E-state index contributed by atoms with van der Waals surface area (Å²) >= 11 is 0. The van der Waals surface area contributed by atoms with E-state index in [0.29, 0.717) is 6.42 Å². The molecule has 0 bridgehead atoms.